The summed E-state index contributed by atoms with van der Waals surface area (Å²) in [6, 6.07) is 12.0. The number of carbonyl (C=O) groups excluding carboxylic acids is 1. The van der Waals surface area contributed by atoms with Crippen molar-refractivity contribution in [3.05, 3.63) is 65.6 Å². The Kier molecular flexibility index (Phi) is 3.71. The van der Waals surface area contributed by atoms with Gasteiger partial charge in [0.1, 0.15) is 11.6 Å². The summed E-state index contributed by atoms with van der Waals surface area (Å²) in [6.07, 6.45) is 4.00. The van der Waals surface area contributed by atoms with E-state index in [-0.39, 0.29) is 16.9 Å². The van der Waals surface area contributed by atoms with Crippen LogP contribution in [0.5, 0.6) is 5.75 Å². The molecule has 1 heterocycles. The van der Waals surface area contributed by atoms with Crippen molar-refractivity contribution in [3.8, 4) is 5.75 Å². The molecule has 0 unspecified atom stereocenters. The van der Waals surface area contributed by atoms with Gasteiger partial charge in [-0.1, -0.05) is 12.1 Å². The molecule has 1 saturated carbocycles. The Morgan fingerprint density at radius 3 is 2.80 bits per heavy atom. The smallest absolute Gasteiger partial charge is 0.254 e. The third-order valence-corrected chi connectivity index (χ3v) is 5.02. The fourth-order valence-corrected chi connectivity index (χ4v) is 3.35. The summed E-state index contributed by atoms with van der Waals surface area (Å²) in [5.41, 5.74) is 2.21. The van der Waals surface area contributed by atoms with Gasteiger partial charge in [0.2, 0.25) is 0 Å². The summed E-state index contributed by atoms with van der Waals surface area (Å²) in [6.45, 7) is 0.490. The van der Waals surface area contributed by atoms with Crippen LogP contribution >= 0.6 is 0 Å². The van der Waals surface area contributed by atoms with Crippen molar-refractivity contribution in [1.82, 2.24) is 10.3 Å². The molecular weight excluding hydrogens is 319 g/mol. The van der Waals surface area contributed by atoms with Gasteiger partial charge in [0.05, 0.1) is 12.7 Å². The lowest BCUT2D eigenvalue weighted by Crippen LogP contribution is -2.32. The van der Waals surface area contributed by atoms with Gasteiger partial charge in [-0.05, 0) is 48.7 Å². The van der Waals surface area contributed by atoms with E-state index in [4.69, 9.17) is 4.74 Å². The molecule has 3 aromatic rings. The molecule has 0 aliphatic heterocycles. The van der Waals surface area contributed by atoms with E-state index in [0.29, 0.717) is 6.54 Å². The fraction of sp³-hybridized carbons (Fsp3) is 0.250. The lowest BCUT2D eigenvalue weighted by Gasteiger charge is -2.16. The normalized spacial score (nSPS) is 15.1. The number of rotatable bonds is 5. The predicted molar refractivity (Wildman–Crippen MR) is 94.5 cm³/mol. The van der Waals surface area contributed by atoms with E-state index in [1.807, 2.05) is 24.4 Å². The topological polar surface area (TPSA) is 54.1 Å². The molecule has 0 atom stereocenters. The van der Waals surface area contributed by atoms with E-state index in [0.717, 1.165) is 29.5 Å². The lowest BCUT2D eigenvalue weighted by molar-refractivity contribution is 0.0945. The molecule has 1 aliphatic carbocycles. The highest BCUT2D eigenvalue weighted by atomic mass is 19.1. The summed E-state index contributed by atoms with van der Waals surface area (Å²) in [7, 11) is 1.65. The highest BCUT2D eigenvalue weighted by molar-refractivity contribution is 5.94. The molecule has 25 heavy (non-hydrogen) atoms. The minimum absolute atomic E-state index is 0.0823. The predicted octanol–water partition coefficient (Wildman–Crippen LogP) is 3.78. The van der Waals surface area contributed by atoms with E-state index in [2.05, 4.69) is 10.3 Å². The Hall–Kier alpha value is -2.82. The van der Waals surface area contributed by atoms with Crippen molar-refractivity contribution >= 4 is 16.8 Å². The molecule has 1 fully saturated rings. The standard InChI is InChI=1S/C20H19FN2O2/c1-25-13-6-7-18-15(10-13)16(11-22-18)20(8-9-20)12-23-19(24)14-4-2-3-5-17(14)21/h2-7,10-11,22H,8-9,12H2,1H3,(H,23,24). The molecule has 0 spiro atoms. The van der Waals surface area contributed by atoms with Crippen molar-refractivity contribution in [3.63, 3.8) is 0 Å². The number of amides is 1. The van der Waals surface area contributed by atoms with E-state index in [1.54, 1.807) is 19.2 Å². The number of hydrogen-bond acceptors (Lipinski definition) is 2. The molecule has 0 bridgehead atoms. The minimum atomic E-state index is -0.498. The van der Waals surface area contributed by atoms with Crippen LogP contribution in [0.2, 0.25) is 0 Å². The quantitative estimate of drug-likeness (QED) is 0.744. The zero-order valence-electron chi connectivity index (χ0n) is 13.9. The maximum absolute atomic E-state index is 13.8. The summed E-state index contributed by atoms with van der Waals surface area (Å²) >= 11 is 0. The SMILES string of the molecule is COc1ccc2[nH]cc(C3(CNC(=O)c4ccccc4F)CC3)c2c1. The number of aromatic amines is 1. The Labute approximate surface area is 145 Å². The van der Waals surface area contributed by atoms with Crippen LogP contribution in [0.25, 0.3) is 10.9 Å². The van der Waals surface area contributed by atoms with Crippen LogP contribution < -0.4 is 10.1 Å². The van der Waals surface area contributed by atoms with Gasteiger partial charge < -0.3 is 15.0 Å². The molecule has 1 amide bonds. The summed E-state index contributed by atoms with van der Waals surface area (Å²) < 4.78 is 19.1. The van der Waals surface area contributed by atoms with Gasteiger partial charge in [0, 0.05) is 29.1 Å². The monoisotopic (exact) mass is 338 g/mol. The fourth-order valence-electron chi connectivity index (χ4n) is 3.35. The van der Waals surface area contributed by atoms with Gasteiger partial charge in [-0.3, -0.25) is 4.79 Å². The average molecular weight is 338 g/mol. The number of halogens is 1. The Morgan fingerprint density at radius 2 is 2.08 bits per heavy atom. The Bertz CT molecular complexity index is 944. The van der Waals surface area contributed by atoms with Crippen molar-refractivity contribution in [1.29, 1.82) is 0 Å². The molecule has 0 saturated heterocycles. The largest absolute Gasteiger partial charge is 0.497 e. The van der Waals surface area contributed by atoms with Crippen molar-refractivity contribution in [2.45, 2.75) is 18.3 Å². The average Bonchev–Trinajstić information content (AvgIpc) is 3.30. The van der Waals surface area contributed by atoms with Crippen LogP contribution in [-0.4, -0.2) is 24.5 Å². The summed E-state index contributed by atoms with van der Waals surface area (Å²) in [5.74, 6) is -0.0667. The summed E-state index contributed by atoms with van der Waals surface area (Å²) in [5, 5.41) is 4.01. The Balaban J connectivity index is 1.57. The van der Waals surface area contributed by atoms with Crippen molar-refractivity contribution < 1.29 is 13.9 Å². The number of fused-ring (bicyclic) bond motifs is 1. The molecule has 5 heteroatoms. The molecular formula is C20H19FN2O2. The number of aromatic nitrogens is 1. The molecule has 4 nitrogen and oxygen atoms in total. The number of ether oxygens (including phenoxy) is 1. The number of H-pyrrole nitrogens is 1. The zero-order valence-corrected chi connectivity index (χ0v) is 13.9. The number of benzene rings is 2. The van der Waals surface area contributed by atoms with Gasteiger partial charge in [-0.15, -0.1) is 0 Å². The van der Waals surface area contributed by atoms with E-state index in [1.165, 1.54) is 17.7 Å². The highest BCUT2D eigenvalue weighted by Gasteiger charge is 2.46. The molecule has 128 valence electrons. The third-order valence-electron chi connectivity index (χ3n) is 5.02. The number of nitrogens with one attached hydrogen (secondary N) is 2. The van der Waals surface area contributed by atoms with Gasteiger partial charge >= 0.3 is 0 Å². The third kappa shape index (κ3) is 2.76. The van der Waals surface area contributed by atoms with Crippen LogP contribution in [-0.2, 0) is 5.41 Å². The minimum Gasteiger partial charge on any atom is -0.497 e. The maximum Gasteiger partial charge on any atom is 0.254 e. The molecule has 0 radical (unpaired) electrons. The highest BCUT2D eigenvalue weighted by Crippen LogP contribution is 2.50. The summed E-state index contributed by atoms with van der Waals surface area (Å²) in [4.78, 5) is 15.6. The van der Waals surface area contributed by atoms with E-state index in [9.17, 15) is 9.18 Å². The number of hydrogen-bond donors (Lipinski definition) is 2. The second-order valence-electron chi connectivity index (χ2n) is 6.56. The molecule has 4 rings (SSSR count). The van der Waals surface area contributed by atoms with Crippen molar-refractivity contribution in [2.75, 3.05) is 13.7 Å². The van der Waals surface area contributed by atoms with Crippen LogP contribution in [0, 0.1) is 5.82 Å². The first kappa shape index (κ1) is 15.7. The number of carbonyl (C=O) groups is 1. The first-order valence-electron chi connectivity index (χ1n) is 8.31. The van der Waals surface area contributed by atoms with Crippen LogP contribution in [0.15, 0.2) is 48.7 Å². The first-order valence-corrected chi connectivity index (χ1v) is 8.31. The zero-order chi connectivity index (χ0) is 17.4. The van der Waals surface area contributed by atoms with Gasteiger partial charge in [0.15, 0.2) is 0 Å². The van der Waals surface area contributed by atoms with E-state index >= 15 is 0 Å². The van der Waals surface area contributed by atoms with E-state index < -0.39 is 5.82 Å². The second-order valence-corrected chi connectivity index (χ2v) is 6.56. The van der Waals surface area contributed by atoms with Crippen LogP contribution in [0.1, 0.15) is 28.8 Å². The van der Waals surface area contributed by atoms with Crippen LogP contribution in [0.4, 0.5) is 4.39 Å². The Morgan fingerprint density at radius 1 is 1.28 bits per heavy atom. The van der Waals surface area contributed by atoms with Gasteiger partial charge in [0.25, 0.3) is 5.91 Å². The number of methoxy groups -OCH3 is 1. The lowest BCUT2D eigenvalue weighted by atomic mass is 9.95. The molecule has 2 aromatic carbocycles. The molecule has 1 aliphatic rings. The van der Waals surface area contributed by atoms with Gasteiger partial charge in [-0.25, -0.2) is 4.39 Å². The molecule has 1 aromatic heterocycles. The van der Waals surface area contributed by atoms with Gasteiger partial charge in [-0.2, -0.15) is 0 Å². The van der Waals surface area contributed by atoms with Crippen molar-refractivity contribution in [2.24, 2.45) is 0 Å². The first-order chi connectivity index (χ1) is 12.1. The maximum atomic E-state index is 13.8. The second kappa shape index (κ2) is 5.92. The molecule has 2 N–H and O–H groups in total. The van der Waals surface area contributed by atoms with Crippen LogP contribution in [0.3, 0.4) is 0 Å².